The average molecular weight is 540 g/mol. The molecule has 2 unspecified atom stereocenters. The molecule has 220 valence electrons. The van der Waals surface area contributed by atoms with E-state index < -0.39 is 11.6 Å². The number of hydrogen-bond acceptors (Lipinski definition) is 6. The third kappa shape index (κ3) is 13.9. The van der Waals surface area contributed by atoms with Gasteiger partial charge in [-0.2, -0.15) is 0 Å². The quantitative estimate of drug-likeness (QED) is 0.289. The SMILES string of the molecule is CCC.CCC.COCCCOc1cc(C2CCC(CCCC(=O)O)N2C(=O)OC(C)(C)C)ccc1OC. The number of ether oxygens (including phenoxy) is 4. The van der Waals surface area contributed by atoms with Gasteiger partial charge in [-0.15, -0.1) is 0 Å². The van der Waals surface area contributed by atoms with Crippen molar-refractivity contribution in [3.05, 3.63) is 23.8 Å². The molecule has 1 aromatic rings. The van der Waals surface area contributed by atoms with Gasteiger partial charge in [-0.05, 0) is 64.2 Å². The lowest BCUT2D eigenvalue weighted by molar-refractivity contribution is -0.137. The summed E-state index contributed by atoms with van der Waals surface area (Å²) < 4.78 is 22.1. The molecule has 0 aliphatic carbocycles. The molecule has 0 radical (unpaired) electrons. The molecule has 38 heavy (non-hydrogen) atoms. The lowest BCUT2D eigenvalue weighted by atomic mass is 10.0. The van der Waals surface area contributed by atoms with E-state index in [1.54, 1.807) is 19.1 Å². The summed E-state index contributed by atoms with van der Waals surface area (Å²) >= 11 is 0. The van der Waals surface area contributed by atoms with Gasteiger partial charge in [-0.1, -0.05) is 46.6 Å². The summed E-state index contributed by atoms with van der Waals surface area (Å²) in [5, 5.41) is 8.99. The Morgan fingerprint density at radius 1 is 0.974 bits per heavy atom. The van der Waals surface area contributed by atoms with Crippen LogP contribution in [0.2, 0.25) is 0 Å². The molecule has 2 atom stereocenters. The van der Waals surface area contributed by atoms with Crippen LogP contribution in [0.5, 0.6) is 11.5 Å². The molecule has 0 spiro atoms. The first-order chi connectivity index (χ1) is 18.0. The fourth-order valence-corrected chi connectivity index (χ4v) is 3.97. The lowest BCUT2D eigenvalue weighted by Crippen LogP contribution is -2.41. The van der Waals surface area contributed by atoms with Crippen LogP contribution in [0.3, 0.4) is 0 Å². The second kappa shape index (κ2) is 19.6. The van der Waals surface area contributed by atoms with Crippen molar-refractivity contribution in [1.29, 1.82) is 0 Å². The number of amides is 1. The molecule has 8 heteroatoms. The number of rotatable bonds is 11. The van der Waals surface area contributed by atoms with Crippen LogP contribution in [0, 0.1) is 0 Å². The van der Waals surface area contributed by atoms with Crippen LogP contribution >= 0.6 is 0 Å². The standard InChI is InChI=1S/C24H37NO7.2C3H8/c1-24(2,3)32-23(28)25-18(8-6-9-22(26)27)11-12-19(25)17-10-13-20(30-5)21(16-17)31-15-7-14-29-4;2*1-3-2/h10,13,16,18-19H,6-9,11-12,14-15H2,1-5H3,(H,26,27);2*3H2,1-2H3. The second-order valence-corrected chi connectivity index (χ2v) is 10.4. The van der Waals surface area contributed by atoms with E-state index in [1.165, 1.54) is 12.8 Å². The van der Waals surface area contributed by atoms with Crippen LogP contribution in [-0.4, -0.2) is 61.1 Å². The van der Waals surface area contributed by atoms with Crippen molar-refractivity contribution >= 4 is 12.1 Å². The molecule has 2 rings (SSSR count). The highest BCUT2D eigenvalue weighted by molar-refractivity contribution is 5.70. The minimum absolute atomic E-state index is 0.0672. The van der Waals surface area contributed by atoms with E-state index in [0.717, 1.165) is 24.8 Å². The van der Waals surface area contributed by atoms with Gasteiger partial charge in [-0.25, -0.2) is 4.79 Å². The van der Waals surface area contributed by atoms with Crippen molar-refractivity contribution in [2.75, 3.05) is 27.4 Å². The van der Waals surface area contributed by atoms with Crippen LogP contribution in [0.1, 0.15) is 111 Å². The first-order valence-electron chi connectivity index (χ1n) is 14.0. The van der Waals surface area contributed by atoms with Gasteiger partial charge < -0.3 is 24.1 Å². The summed E-state index contributed by atoms with van der Waals surface area (Å²) in [5.74, 6) is 0.430. The molecular weight excluding hydrogens is 486 g/mol. The van der Waals surface area contributed by atoms with Gasteiger partial charge in [0.15, 0.2) is 11.5 Å². The van der Waals surface area contributed by atoms with Gasteiger partial charge in [0.2, 0.25) is 0 Å². The molecule has 0 saturated carbocycles. The van der Waals surface area contributed by atoms with Crippen molar-refractivity contribution in [1.82, 2.24) is 4.90 Å². The van der Waals surface area contributed by atoms with Gasteiger partial charge in [0.25, 0.3) is 0 Å². The molecule has 0 aromatic heterocycles. The molecule has 0 bridgehead atoms. The van der Waals surface area contributed by atoms with Crippen LogP contribution < -0.4 is 9.47 Å². The summed E-state index contributed by atoms with van der Waals surface area (Å²) in [6.07, 6.45) is 5.67. The van der Waals surface area contributed by atoms with E-state index in [-0.39, 0.29) is 24.6 Å². The summed E-state index contributed by atoms with van der Waals surface area (Å²) in [7, 11) is 3.25. The number of nitrogens with zero attached hydrogens (tertiary/aromatic N) is 1. The molecule has 1 heterocycles. The van der Waals surface area contributed by atoms with Gasteiger partial charge in [0.05, 0.1) is 19.8 Å². The number of carboxylic acids is 1. The normalized spacial score (nSPS) is 16.5. The largest absolute Gasteiger partial charge is 0.493 e. The maximum atomic E-state index is 13.1. The third-order valence-electron chi connectivity index (χ3n) is 5.36. The van der Waals surface area contributed by atoms with Crippen LogP contribution in [0.4, 0.5) is 4.79 Å². The fraction of sp³-hybridized carbons (Fsp3) is 0.733. The van der Waals surface area contributed by atoms with Gasteiger partial charge in [0.1, 0.15) is 5.60 Å². The zero-order chi connectivity index (χ0) is 29.1. The number of carbonyl (C=O) groups excluding carboxylic acids is 1. The maximum absolute atomic E-state index is 13.1. The Morgan fingerprint density at radius 2 is 1.61 bits per heavy atom. The van der Waals surface area contributed by atoms with E-state index in [1.807, 2.05) is 39.0 Å². The van der Waals surface area contributed by atoms with Crippen molar-refractivity contribution in [3.8, 4) is 11.5 Å². The topological polar surface area (TPSA) is 94.5 Å². The Balaban J connectivity index is 0.00000208. The van der Waals surface area contributed by atoms with E-state index in [4.69, 9.17) is 24.1 Å². The van der Waals surface area contributed by atoms with Crippen LogP contribution in [0.25, 0.3) is 0 Å². The zero-order valence-electron chi connectivity index (χ0n) is 25.3. The number of likely N-dealkylation sites (tertiary alicyclic amines) is 1. The first-order valence-corrected chi connectivity index (χ1v) is 14.0. The molecule has 1 fully saturated rings. The second-order valence-electron chi connectivity index (χ2n) is 10.4. The minimum atomic E-state index is -0.825. The van der Waals surface area contributed by atoms with Crippen molar-refractivity contribution in [3.63, 3.8) is 0 Å². The predicted molar refractivity (Wildman–Crippen MR) is 152 cm³/mol. The summed E-state index contributed by atoms with van der Waals surface area (Å²) in [5.41, 5.74) is 0.324. The Labute approximate surface area is 231 Å². The van der Waals surface area contributed by atoms with Crippen molar-refractivity contribution in [2.24, 2.45) is 0 Å². The number of benzene rings is 1. The summed E-state index contributed by atoms with van der Waals surface area (Å²) in [4.78, 5) is 25.9. The Bertz CT molecular complexity index is 789. The number of hydrogen-bond donors (Lipinski definition) is 1. The molecule has 1 aromatic carbocycles. The lowest BCUT2D eigenvalue weighted by Gasteiger charge is -2.33. The molecular formula is C30H53NO7. The summed E-state index contributed by atoms with van der Waals surface area (Å²) in [6, 6.07) is 5.48. The summed E-state index contributed by atoms with van der Waals surface area (Å²) in [6.45, 7) is 15.1. The smallest absolute Gasteiger partial charge is 0.411 e. The predicted octanol–water partition coefficient (Wildman–Crippen LogP) is 7.64. The van der Waals surface area contributed by atoms with Gasteiger partial charge >= 0.3 is 12.1 Å². The average Bonchev–Trinajstić information content (AvgIpc) is 3.25. The molecule has 1 aliphatic heterocycles. The number of carboxylic acid groups (broad SMARTS) is 1. The number of aliphatic carboxylic acids is 1. The highest BCUT2D eigenvalue weighted by Gasteiger charge is 2.40. The van der Waals surface area contributed by atoms with E-state index in [2.05, 4.69) is 27.7 Å². The number of methoxy groups -OCH3 is 2. The van der Waals surface area contributed by atoms with Gasteiger partial charge in [0, 0.05) is 32.6 Å². The van der Waals surface area contributed by atoms with Crippen LogP contribution in [-0.2, 0) is 14.3 Å². The maximum Gasteiger partial charge on any atom is 0.411 e. The molecule has 1 saturated heterocycles. The van der Waals surface area contributed by atoms with E-state index in [9.17, 15) is 9.59 Å². The fourth-order valence-electron chi connectivity index (χ4n) is 3.97. The number of carbonyl (C=O) groups is 2. The molecule has 8 nitrogen and oxygen atoms in total. The Morgan fingerprint density at radius 3 is 2.13 bits per heavy atom. The van der Waals surface area contributed by atoms with Gasteiger partial charge in [-0.3, -0.25) is 9.69 Å². The van der Waals surface area contributed by atoms with E-state index >= 15 is 0 Å². The first kappa shape index (κ1) is 35.5. The van der Waals surface area contributed by atoms with E-state index in [0.29, 0.717) is 37.6 Å². The molecule has 1 amide bonds. The molecule has 1 aliphatic rings. The molecule has 1 N–H and O–H groups in total. The third-order valence-corrected chi connectivity index (χ3v) is 5.36. The minimum Gasteiger partial charge on any atom is -0.493 e. The highest BCUT2D eigenvalue weighted by Crippen LogP contribution is 2.41. The Hall–Kier alpha value is -2.48. The highest BCUT2D eigenvalue weighted by atomic mass is 16.6. The monoisotopic (exact) mass is 539 g/mol. The van der Waals surface area contributed by atoms with Crippen molar-refractivity contribution in [2.45, 2.75) is 118 Å². The van der Waals surface area contributed by atoms with Crippen LogP contribution in [0.15, 0.2) is 18.2 Å². The Kier molecular flexibility index (Phi) is 18.3. The van der Waals surface area contributed by atoms with Crippen molar-refractivity contribution < 1.29 is 33.6 Å². The zero-order valence-corrected chi connectivity index (χ0v) is 25.3.